The van der Waals surface area contributed by atoms with Gasteiger partial charge in [0.25, 0.3) is 5.89 Å². The maximum absolute atomic E-state index is 12.1. The van der Waals surface area contributed by atoms with E-state index in [1.807, 2.05) is 0 Å². The highest BCUT2D eigenvalue weighted by Gasteiger charge is 2.25. The molecule has 1 aromatic heterocycles. The van der Waals surface area contributed by atoms with E-state index < -0.39 is 9.84 Å². The predicted molar refractivity (Wildman–Crippen MR) is 81.2 cm³/mol. The molecular weight excluding hydrogens is 328 g/mol. The van der Waals surface area contributed by atoms with Gasteiger partial charge in [0.2, 0.25) is 0 Å². The van der Waals surface area contributed by atoms with Crippen molar-refractivity contribution in [3.63, 3.8) is 0 Å². The predicted octanol–water partition coefficient (Wildman–Crippen LogP) is 2.48. The van der Waals surface area contributed by atoms with Crippen LogP contribution in [0.4, 0.5) is 0 Å². The van der Waals surface area contributed by atoms with E-state index in [0.717, 1.165) is 12.8 Å². The summed E-state index contributed by atoms with van der Waals surface area (Å²) in [4.78, 5) is 4.12. The lowest BCUT2D eigenvalue weighted by Gasteiger charge is -2.08. The molecule has 0 spiro atoms. The average molecular weight is 343 g/mol. The van der Waals surface area contributed by atoms with Crippen molar-refractivity contribution < 1.29 is 17.7 Å². The van der Waals surface area contributed by atoms with E-state index in [-0.39, 0.29) is 29.3 Å². The molecule has 0 amide bonds. The van der Waals surface area contributed by atoms with Gasteiger partial charge in [-0.1, -0.05) is 28.9 Å². The Morgan fingerprint density at radius 1 is 1.32 bits per heavy atom. The van der Waals surface area contributed by atoms with E-state index in [9.17, 15) is 8.42 Å². The second-order valence-electron chi connectivity index (χ2n) is 5.19. The Labute approximate surface area is 133 Å². The minimum atomic E-state index is -3.34. The van der Waals surface area contributed by atoms with Crippen LogP contribution in [0.25, 0.3) is 11.5 Å². The van der Waals surface area contributed by atoms with E-state index in [1.54, 1.807) is 24.3 Å². The highest BCUT2D eigenvalue weighted by molar-refractivity contribution is 7.90. The van der Waals surface area contributed by atoms with Gasteiger partial charge in [-0.3, -0.25) is 0 Å². The number of rotatable bonds is 5. The molecule has 8 heteroatoms. The summed E-state index contributed by atoms with van der Waals surface area (Å²) in [6, 6.07) is 7.02. The molecule has 1 aliphatic rings. The largest absolute Gasteiger partial charge is 0.377 e. The number of nitrogens with zero attached hydrogens (tertiary/aromatic N) is 2. The molecule has 6 nitrogen and oxygen atoms in total. The third kappa shape index (κ3) is 3.66. The Morgan fingerprint density at radius 2 is 2.14 bits per heavy atom. The Morgan fingerprint density at radius 3 is 2.86 bits per heavy atom. The SMILES string of the molecule is O=S(=O)(Cc1noc(-c2ccccc2Cl)n1)C[C@@H]1CCCO1. The quantitative estimate of drug-likeness (QED) is 0.830. The van der Waals surface area contributed by atoms with Gasteiger partial charge in [0, 0.05) is 6.61 Å². The molecule has 0 unspecified atom stereocenters. The normalized spacial score (nSPS) is 18.7. The fourth-order valence-electron chi connectivity index (χ4n) is 2.37. The molecule has 0 radical (unpaired) electrons. The summed E-state index contributed by atoms with van der Waals surface area (Å²) in [5.41, 5.74) is 0.583. The molecule has 1 atom stereocenters. The van der Waals surface area contributed by atoms with Crippen LogP contribution in [0, 0.1) is 0 Å². The first-order valence-corrected chi connectivity index (χ1v) is 9.13. The summed E-state index contributed by atoms with van der Waals surface area (Å²) >= 11 is 6.05. The first kappa shape index (κ1) is 15.5. The molecule has 1 fully saturated rings. The number of sulfone groups is 1. The molecule has 2 aromatic rings. The molecule has 0 aliphatic carbocycles. The van der Waals surface area contributed by atoms with Crippen LogP contribution >= 0.6 is 11.6 Å². The number of ether oxygens (including phenoxy) is 1. The molecule has 3 rings (SSSR count). The van der Waals surface area contributed by atoms with Crippen molar-refractivity contribution in [1.29, 1.82) is 0 Å². The molecule has 0 N–H and O–H groups in total. The van der Waals surface area contributed by atoms with Crippen LogP contribution in [-0.2, 0) is 20.3 Å². The minimum absolute atomic E-state index is 0.0109. The Balaban J connectivity index is 1.72. The maximum atomic E-state index is 12.1. The van der Waals surface area contributed by atoms with Crippen LogP contribution in [0.3, 0.4) is 0 Å². The van der Waals surface area contributed by atoms with E-state index in [0.29, 0.717) is 17.2 Å². The fraction of sp³-hybridized carbons (Fsp3) is 0.429. The molecule has 1 aromatic carbocycles. The number of hydrogen-bond donors (Lipinski definition) is 0. The van der Waals surface area contributed by atoms with Gasteiger partial charge in [0.1, 0.15) is 5.75 Å². The first-order chi connectivity index (χ1) is 10.5. The van der Waals surface area contributed by atoms with Gasteiger partial charge in [0.05, 0.1) is 22.4 Å². The fourth-order valence-corrected chi connectivity index (χ4v) is 4.05. The van der Waals surface area contributed by atoms with Gasteiger partial charge in [-0.15, -0.1) is 0 Å². The zero-order chi connectivity index (χ0) is 15.6. The van der Waals surface area contributed by atoms with Gasteiger partial charge in [-0.05, 0) is 25.0 Å². The van der Waals surface area contributed by atoms with E-state index in [2.05, 4.69) is 10.1 Å². The average Bonchev–Trinajstić information content (AvgIpc) is 3.10. The third-order valence-electron chi connectivity index (χ3n) is 3.39. The van der Waals surface area contributed by atoms with Crippen LogP contribution in [0.5, 0.6) is 0 Å². The van der Waals surface area contributed by atoms with Crippen LogP contribution in [0.2, 0.25) is 5.02 Å². The molecule has 1 aliphatic heterocycles. The van der Waals surface area contributed by atoms with E-state index in [1.165, 1.54) is 0 Å². The van der Waals surface area contributed by atoms with Gasteiger partial charge in [0.15, 0.2) is 15.7 Å². The van der Waals surface area contributed by atoms with Gasteiger partial charge >= 0.3 is 0 Å². The third-order valence-corrected chi connectivity index (χ3v) is 5.29. The van der Waals surface area contributed by atoms with E-state index in [4.69, 9.17) is 20.9 Å². The summed E-state index contributed by atoms with van der Waals surface area (Å²) in [6.45, 7) is 0.624. The molecule has 2 heterocycles. The number of benzene rings is 1. The Bertz CT molecular complexity index is 754. The van der Waals surface area contributed by atoms with Crippen LogP contribution < -0.4 is 0 Å². The lowest BCUT2D eigenvalue weighted by atomic mass is 10.2. The van der Waals surface area contributed by atoms with Crippen LogP contribution in [0.1, 0.15) is 18.7 Å². The van der Waals surface area contributed by atoms with Crippen molar-refractivity contribution in [3.05, 3.63) is 35.1 Å². The highest BCUT2D eigenvalue weighted by atomic mass is 35.5. The van der Waals surface area contributed by atoms with Crippen molar-refractivity contribution in [2.75, 3.05) is 12.4 Å². The van der Waals surface area contributed by atoms with Gasteiger partial charge < -0.3 is 9.26 Å². The first-order valence-electron chi connectivity index (χ1n) is 6.93. The minimum Gasteiger partial charge on any atom is -0.377 e. The second-order valence-corrected chi connectivity index (χ2v) is 7.70. The lowest BCUT2D eigenvalue weighted by molar-refractivity contribution is 0.127. The van der Waals surface area contributed by atoms with Crippen molar-refractivity contribution >= 4 is 21.4 Å². The molecular formula is C14H15ClN2O4S. The Hall–Kier alpha value is -1.44. The molecule has 0 bridgehead atoms. The summed E-state index contributed by atoms with van der Waals surface area (Å²) in [5.74, 6) is 0.0740. The van der Waals surface area contributed by atoms with Crippen molar-refractivity contribution in [3.8, 4) is 11.5 Å². The van der Waals surface area contributed by atoms with Crippen LogP contribution in [0.15, 0.2) is 28.8 Å². The summed E-state index contributed by atoms with van der Waals surface area (Å²) < 4.78 is 34.7. The monoisotopic (exact) mass is 342 g/mol. The summed E-state index contributed by atoms with van der Waals surface area (Å²) in [6.07, 6.45) is 1.45. The van der Waals surface area contributed by atoms with Crippen LogP contribution in [-0.4, -0.2) is 37.0 Å². The van der Waals surface area contributed by atoms with Crippen molar-refractivity contribution in [2.24, 2.45) is 0 Å². The molecule has 1 saturated heterocycles. The number of hydrogen-bond acceptors (Lipinski definition) is 6. The molecule has 0 saturated carbocycles. The summed E-state index contributed by atoms with van der Waals surface area (Å²) in [5, 5.41) is 4.20. The maximum Gasteiger partial charge on any atom is 0.259 e. The standard InChI is InChI=1S/C14H15ClN2O4S/c15-12-6-2-1-5-11(12)14-16-13(17-21-14)9-22(18,19)8-10-4-3-7-20-10/h1-2,5-6,10H,3-4,7-9H2/t10-/m0/s1. The zero-order valence-electron chi connectivity index (χ0n) is 11.7. The zero-order valence-corrected chi connectivity index (χ0v) is 13.3. The highest BCUT2D eigenvalue weighted by Crippen LogP contribution is 2.26. The number of aromatic nitrogens is 2. The smallest absolute Gasteiger partial charge is 0.259 e. The molecule has 22 heavy (non-hydrogen) atoms. The Kier molecular flexibility index (Phi) is 4.46. The summed E-state index contributed by atoms with van der Waals surface area (Å²) in [7, 11) is -3.34. The van der Waals surface area contributed by atoms with Crippen molar-refractivity contribution in [1.82, 2.24) is 10.1 Å². The van der Waals surface area contributed by atoms with Gasteiger partial charge in [-0.25, -0.2) is 8.42 Å². The van der Waals surface area contributed by atoms with E-state index >= 15 is 0 Å². The lowest BCUT2D eigenvalue weighted by Crippen LogP contribution is -2.21. The second kappa shape index (κ2) is 6.36. The van der Waals surface area contributed by atoms with Crippen molar-refractivity contribution in [2.45, 2.75) is 24.7 Å². The molecule has 118 valence electrons. The van der Waals surface area contributed by atoms with Gasteiger partial charge in [-0.2, -0.15) is 4.98 Å². The topological polar surface area (TPSA) is 82.3 Å². The number of halogens is 1.